The highest BCUT2D eigenvalue weighted by atomic mass is 32.1. The van der Waals surface area contributed by atoms with Gasteiger partial charge in [0.2, 0.25) is 0 Å². The van der Waals surface area contributed by atoms with Crippen LogP contribution in [0.1, 0.15) is 10.7 Å². The van der Waals surface area contributed by atoms with Gasteiger partial charge in [-0.2, -0.15) is 0 Å². The Morgan fingerprint density at radius 1 is 1.00 bits per heavy atom. The molecule has 0 bridgehead atoms. The number of hydrogen-bond acceptors (Lipinski definition) is 7. The summed E-state index contributed by atoms with van der Waals surface area (Å²) in [7, 11) is 0. The van der Waals surface area contributed by atoms with Crippen LogP contribution < -0.4 is 4.90 Å². The zero-order valence-electron chi connectivity index (χ0n) is 16.0. The molecule has 1 aromatic carbocycles. The first-order chi connectivity index (χ1) is 14.2. The van der Waals surface area contributed by atoms with Crippen molar-refractivity contribution in [3.05, 3.63) is 57.9 Å². The molecule has 1 fully saturated rings. The van der Waals surface area contributed by atoms with Gasteiger partial charge in [-0.25, -0.2) is 19.3 Å². The van der Waals surface area contributed by atoms with E-state index in [2.05, 4.69) is 35.5 Å². The molecule has 5 nitrogen and oxygen atoms in total. The number of anilines is 1. The van der Waals surface area contributed by atoms with Gasteiger partial charge in [-0.3, -0.25) is 4.90 Å². The molecule has 0 N–H and O–H groups in total. The summed E-state index contributed by atoms with van der Waals surface area (Å²) < 4.78 is 13.4. The minimum atomic E-state index is -0.226. The summed E-state index contributed by atoms with van der Waals surface area (Å²) in [6.45, 7) is 6.71. The lowest BCUT2D eigenvalue weighted by molar-refractivity contribution is 0.247. The van der Waals surface area contributed by atoms with Crippen molar-refractivity contribution in [2.24, 2.45) is 0 Å². The molecule has 1 aliphatic rings. The molecule has 148 valence electrons. The summed E-state index contributed by atoms with van der Waals surface area (Å²) in [6.07, 6.45) is 1.65. The Kier molecular flexibility index (Phi) is 4.99. The summed E-state index contributed by atoms with van der Waals surface area (Å²) in [5.41, 5.74) is 3.22. The van der Waals surface area contributed by atoms with Gasteiger partial charge < -0.3 is 4.90 Å². The van der Waals surface area contributed by atoms with Gasteiger partial charge in [0.15, 0.2) is 0 Å². The topological polar surface area (TPSA) is 45.2 Å². The zero-order chi connectivity index (χ0) is 19.8. The fraction of sp³-hybridized carbons (Fsp3) is 0.286. The van der Waals surface area contributed by atoms with Crippen LogP contribution in [0.5, 0.6) is 0 Å². The average molecular weight is 426 g/mol. The summed E-state index contributed by atoms with van der Waals surface area (Å²) in [5, 5.41) is 6.42. The maximum Gasteiger partial charge on any atom is 0.141 e. The first kappa shape index (κ1) is 18.6. The van der Waals surface area contributed by atoms with Gasteiger partial charge in [0, 0.05) is 49.0 Å². The number of fused-ring (bicyclic) bond motifs is 1. The van der Waals surface area contributed by atoms with E-state index < -0.39 is 0 Å². The van der Waals surface area contributed by atoms with Gasteiger partial charge in [0.1, 0.15) is 22.8 Å². The molecule has 0 radical (unpaired) electrons. The Bertz CT molecular complexity index is 1130. The number of nitrogens with zero attached hydrogens (tertiary/aromatic N) is 5. The van der Waals surface area contributed by atoms with Crippen LogP contribution in [0.4, 0.5) is 10.2 Å². The smallest absolute Gasteiger partial charge is 0.141 e. The molecule has 5 rings (SSSR count). The van der Waals surface area contributed by atoms with E-state index in [0.717, 1.165) is 70.6 Å². The molecule has 29 heavy (non-hydrogen) atoms. The van der Waals surface area contributed by atoms with E-state index in [9.17, 15) is 4.39 Å². The van der Waals surface area contributed by atoms with Gasteiger partial charge in [-0.15, -0.1) is 22.7 Å². The Morgan fingerprint density at radius 3 is 2.52 bits per heavy atom. The fourth-order valence-electron chi connectivity index (χ4n) is 3.77. The van der Waals surface area contributed by atoms with Crippen LogP contribution >= 0.6 is 22.7 Å². The lowest BCUT2D eigenvalue weighted by Gasteiger charge is -2.35. The van der Waals surface area contributed by atoms with Crippen LogP contribution in [-0.2, 0) is 6.54 Å². The Labute approximate surface area is 176 Å². The molecule has 0 aliphatic carbocycles. The zero-order valence-corrected chi connectivity index (χ0v) is 17.6. The number of halogens is 1. The summed E-state index contributed by atoms with van der Waals surface area (Å²) >= 11 is 3.31. The van der Waals surface area contributed by atoms with Gasteiger partial charge in [-0.1, -0.05) is 12.1 Å². The molecular weight excluding hydrogens is 405 g/mol. The van der Waals surface area contributed by atoms with Crippen LogP contribution in [0, 0.1) is 12.7 Å². The molecule has 1 aliphatic heterocycles. The molecule has 0 atom stereocenters. The van der Waals surface area contributed by atoms with Crippen molar-refractivity contribution >= 4 is 38.7 Å². The second-order valence-electron chi connectivity index (χ2n) is 7.15. The van der Waals surface area contributed by atoms with Crippen molar-refractivity contribution in [3.63, 3.8) is 0 Å². The largest absolute Gasteiger partial charge is 0.353 e. The second-order valence-corrected chi connectivity index (χ2v) is 9.08. The molecule has 4 heterocycles. The number of aryl methyl sites for hydroxylation is 1. The highest BCUT2D eigenvalue weighted by Gasteiger charge is 2.23. The standard InChI is InChI=1S/C21H20FN5S2/c1-14-25-17(11-28-14)10-26-6-8-27(9-7-26)20-19-18(12-29-21(19)24-13-23-20)15-2-4-16(22)5-3-15/h2-5,11-13H,6-10H2,1H3. The molecule has 0 unspecified atom stereocenters. The maximum atomic E-state index is 13.4. The van der Waals surface area contributed by atoms with Crippen molar-refractivity contribution in [1.29, 1.82) is 0 Å². The molecule has 1 saturated heterocycles. The van der Waals surface area contributed by atoms with E-state index in [1.165, 1.54) is 12.1 Å². The molecule has 3 aromatic heterocycles. The molecule has 0 amide bonds. The number of benzene rings is 1. The Balaban J connectivity index is 1.39. The summed E-state index contributed by atoms with van der Waals surface area (Å²) in [5.74, 6) is 0.746. The van der Waals surface area contributed by atoms with Crippen molar-refractivity contribution < 1.29 is 4.39 Å². The van der Waals surface area contributed by atoms with E-state index in [1.807, 2.05) is 19.1 Å². The Hall–Kier alpha value is -2.42. The SMILES string of the molecule is Cc1nc(CN2CCN(c3ncnc4scc(-c5ccc(F)cc5)c34)CC2)cs1. The van der Waals surface area contributed by atoms with Crippen LogP contribution in [0.15, 0.2) is 41.4 Å². The molecular formula is C21H20FN5S2. The van der Waals surface area contributed by atoms with E-state index in [1.54, 1.807) is 29.0 Å². The van der Waals surface area contributed by atoms with Crippen LogP contribution in [0.3, 0.4) is 0 Å². The monoisotopic (exact) mass is 425 g/mol. The molecule has 0 saturated carbocycles. The highest BCUT2D eigenvalue weighted by molar-refractivity contribution is 7.17. The summed E-state index contributed by atoms with van der Waals surface area (Å²) in [4.78, 5) is 19.4. The molecule has 0 spiro atoms. The number of aromatic nitrogens is 3. The normalized spacial score (nSPS) is 15.3. The predicted molar refractivity (Wildman–Crippen MR) is 117 cm³/mol. The van der Waals surface area contributed by atoms with Crippen LogP contribution in [0.25, 0.3) is 21.3 Å². The lowest BCUT2D eigenvalue weighted by atomic mass is 10.1. The van der Waals surface area contributed by atoms with Crippen LogP contribution in [0.2, 0.25) is 0 Å². The minimum Gasteiger partial charge on any atom is -0.353 e. The third kappa shape index (κ3) is 3.75. The van der Waals surface area contributed by atoms with E-state index in [0.29, 0.717) is 0 Å². The fourth-order valence-corrected chi connectivity index (χ4v) is 5.28. The molecule has 8 heteroatoms. The molecule has 4 aromatic rings. The third-order valence-corrected chi connectivity index (χ3v) is 6.94. The van der Waals surface area contributed by atoms with Crippen LogP contribution in [-0.4, -0.2) is 46.0 Å². The van der Waals surface area contributed by atoms with E-state index in [-0.39, 0.29) is 5.82 Å². The highest BCUT2D eigenvalue weighted by Crippen LogP contribution is 2.38. The lowest BCUT2D eigenvalue weighted by Crippen LogP contribution is -2.46. The third-order valence-electron chi connectivity index (χ3n) is 5.23. The van der Waals surface area contributed by atoms with Crippen molar-refractivity contribution in [1.82, 2.24) is 19.9 Å². The van der Waals surface area contributed by atoms with E-state index in [4.69, 9.17) is 0 Å². The average Bonchev–Trinajstić information content (AvgIpc) is 3.35. The number of thiazole rings is 1. The minimum absolute atomic E-state index is 0.226. The van der Waals surface area contributed by atoms with Crippen molar-refractivity contribution in [2.45, 2.75) is 13.5 Å². The van der Waals surface area contributed by atoms with Gasteiger partial charge in [0.05, 0.1) is 16.1 Å². The van der Waals surface area contributed by atoms with E-state index >= 15 is 0 Å². The predicted octanol–water partition coefficient (Wildman–Crippen LogP) is 4.58. The number of piperazine rings is 1. The first-order valence-electron chi connectivity index (χ1n) is 9.54. The first-order valence-corrected chi connectivity index (χ1v) is 11.3. The van der Waals surface area contributed by atoms with Gasteiger partial charge in [-0.05, 0) is 24.6 Å². The number of thiophene rings is 1. The van der Waals surface area contributed by atoms with Crippen molar-refractivity contribution in [2.75, 3.05) is 31.1 Å². The quantitative estimate of drug-likeness (QED) is 0.479. The second kappa shape index (κ2) is 7.78. The number of rotatable bonds is 4. The summed E-state index contributed by atoms with van der Waals surface area (Å²) in [6, 6.07) is 6.64. The van der Waals surface area contributed by atoms with Gasteiger partial charge in [0.25, 0.3) is 0 Å². The van der Waals surface area contributed by atoms with Crippen molar-refractivity contribution in [3.8, 4) is 11.1 Å². The maximum absolute atomic E-state index is 13.4. The number of hydrogen-bond donors (Lipinski definition) is 0. The Morgan fingerprint density at radius 2 is 1.79 bits per heavy atom. The van der Waals surface area contributed by atoms with Gasteiger partial charge >= 0.3 is 0 Å².